The first-order valence-electron chi connectivity index (χ1n) is 13.0. The molecule has 35 heavy (non-hydrogen) atoms. The summed E-state index contributed by atoms with van der Waals surface area (Å²) in [5, 5.41) is 21.4. The van der Waals surface area contributed by atoms with Crippen LogP contribution in [0.2, 0.25) is 0 Å². The van der Waals surface area contributed by atoms with Crippen LogP contribution in [-0.2, 0) is 20.7 Å². The smallest absolute Gasteiger partial charge is 0.410 e. The highest BCUT2D eigenvalue weighted by Gasteiger charge is 2.55. The van der Waals surface area contributed by atoms with Crippen LogP contribution in [0.3, 0.4) is 0 Å². The van der Waals surface area contributed by atoms with Crippen molar-refractivity contribution >= 4 is 12.1 Å². The highest BCUT2D eigenvalue weighted by atomic mass is 16.6. The Morgan fingerprint density at radius 3 is 2.37 bits per heavy atom. The van der Waals surface area contributed by atoms with Gasteiger partial charge >= 0.3 is 12.1 Å². The molecule has 3 atom stereocenters. The van der Waals surface area contributed by atoms with Crippen LogP contribution in [0.25, 0.3) is 0 Å². The Balaban J connectivity index is 1.25. The number of aliphatic hydroxyl groups excluding tert-OH is 1. The zero-order valence-corrected chi connectivity index (χ0v) is 21.8. The normalized spacial score (nSPS) is 22.1. The lowest BCUT2D eigenvalue weighted by atomic mass is 9.56. The van der Waals surface area contributed by atoms with Gasteiger partial charge in [0.05, 0.1) is 19.1 Å². The van der Waals surface area contributed by atoms with Crippen LogP contribution in [0.15, 0.2) is 18.2 Å². The number of ether oxygens (including phenoxy) is 2. The summed E-state index contributed by atoms with van der Waals surface area (Å²) in [6, 6.07) is 5.74. The Hall–Kier alpha value is -2.28. The number of likely N-dealkylation sites (tertiary alicyclic amines) is 1. The molecule has 1 saturated heterocycles. The van der Waals surface area contributed by atoms with E-state index < -0.39 is 11.7 Å². The SMILES string of the molecule is COC(=O)[C@@H](C)[C@H](c1ccc(CCC(O)C2CC3(C2)CN(C(=O)OC(C)(C)C)C3)c(O)c1)C1CC1. The zero-order chi connectivity index (χ0) is 25.5. The zero-order valence-electron chi connectivity index (χ0n) is 21.8. The van der Waals surface area contributed by atoms with Crippen LogP contribution in [0, 0.1) is 23.2 Å². The number of aromatic hydroxyl groups is 1. The van der Waals surface area contributed by atoms with Crippen molar-refractivity contribution in [2.45, 2.75) is 83.8 Å². The molecule has 1 spiro atoms. The van der Waals surface area contributed by atoms with E-state index >= 15 is 0 Å². The summed E-state index contributed by atoms with van der Waals surface area (Å²) in [5.74, 6) is 0.518. The lowest BCUT2D eigenvalue weighted by Gasteiger charge is -2.59. The summed E-state index contributed by atoms with van der Waals surface area (Å²) in [5.41, 5.74) is 1.45. The van der Waals surface area contributed by atoms with Crippen molar-refractivity contribution < 1.29 is 29.3 Å². The number of phenolic OH excluding ortho intramolecular Hbond substituents is 1. The molecule has 0 bridgehead atoms. The van der Waals surface area contributed by atoms with Crippen LogP contribution in [-0.4, -0.2) is 59.1 Å². The topological polar surface area (TPSA) is 96.3 Å². The largest absolute Gasteiger partial charge is 0.508 e. The van der Waals surface area contributed by atoms with Crippen LogP contribution in [0.5, 0.6) is 5.75 Å². The van der Waals surface area contributed by atoms with Crippen LogP contribution in [0.1, 0.15) is 76.8 Å². The van der Waals surface area contributed by atoms with Crippen molar-refractivity contribution in [3.8, 4) is 5.75 Å². The maximum absolute atomic E-state index is 12.2. The van der Waals surface area contributed by atoms with E-state index in [-0.39, 0.29) is 41.0 Å². The number of carbonyl (C=O) groups excluding carboxylic acids is 2. The van der Waals surface area contributed by atoms with Crippen LogP contribution in [0.4, 0.5) is 4.79 Å². The molecule has 4 rings (SSSR count). The molecule has 194 valence electrons. The third kappa shape index (κ3) is 5.76. The first-order chi connectivity index (χ1) is 16.4. The number of benzene rings is 1. The molecule has 7 nitrogen and oxygen atoms in total. The van der Waals surface area contributed by atoms with E-state index in [0.717, 1.165) is 36.8 Å². The average molecular weight is 488 g/mol. The molecule has 2 saturated carbocycles. The minimum Gasteiger partial charge on any atom is -0.508 e. The predicted molar refractivity (Wildman–Crippen MR) is 132 cm³/mol. The molecule has 2 aliphatic carbocycles. The molecular weight excluding hydrogens is 446 g/mol. The molecule has 1 aromatic rings. The molecular formula is C28H41NO6. The summed E-state index contributed by atoms with van der Waals surface area (Å²) in [7, 11) is 1.42. The molecule has 3 aliphatic rings. The number of phenols is 1. The number of rotatable bonds is 8. The third-order valence-electron chi connectivity index (χ3n) is 8.08. The van der Waals surface area contributed by atoms with Gasteiger partial charge in [0.15, 0.2) is 0 Å². The monoisotopic (exact) mass is 487 g/mol. The number of nitrogens with zero attached hydrogens (tertiary/aromatic N) is 1. The van der Waals surface area contributed by atoms with Gasteiger partial charge in [-0.2, -0.15) is 0 Å². The van der Waals surface area contributed by atoms with E-state index in [1.54, 1.807) is 11.0 Å². The molecule has 1 aliphatic heterocycles. The number of aliphatic hydroxyl groups is 1. The van der Waals surface area contributed by atoms with Gasteiger partial charge in [0.2, 0.25) is 0 Å². The molecule has 2 N–H and O–H groups in total. The lowest BCUT2D eigenvalue weighted by molar-refractivity contribution is -0.145. The van der Waals surface area contributed by atoms with Crippen LogP contribution < -0.4 is 0 Å². The highest BCUT2D eigenvalue weighted by molar-refractivity contribution is 5.73. The molecule has 1 unspecified atom stereocenters. The van der Waals surface area contributed by atoms with Crippen molar-refractivity contribution in [1.29, 1.82) is 0 Å². The number of carbonyl (C=O) groups is 2. The van der Waals surface area contributed by atoms with Gasteiger partial charge in [0.25, 0.3) is 0 Å². The number of aryl methyl sites for hydroxylation is 1. The first kappa shape index (κ1) is 25.8. The maximum Gasteiger partial charge on any atom is 0.410 e. The van der Waals surface area contributed by atoms with E-state index in [9.17, 15) is 19.8 Å². The summed E-state index contributed by atoms with van der Waals surface area (Å²) < 4.78 is 10.4. The van der Waals surface area contributed by atoms with Crippen molar-refractivity contribution in [2.24, 2.45) is 23.2 Å². The summed E-state index contributed by atoms with van der Waals surface area (Å²) in [6.45, 7) is 8.93. The Morgan fingerprint density at radius 1 is 1.17 bits per heavy atom. The van der Waals surface area contributed by atoms with Gasteiger partial charge in [-0.15, -0.1) is 0 Å². The first-order valence-corrected chi connectivity index (χ1v) is 13.0. The lowest BCUT2D eigenvalue weighted by Crippen LogP contribution is -2.65. The summed E-state index contributed by atoms with van der Waals surface area (Å²) >= 11 is 0. The molecule has 0 radical (unpaired) electrons. The van der Waals surface area contributed by atoms with Gasteiger partial charge in [-0.05, 0) is 94.2 Å². The number of hydrogen-bond donors (Lipinski definition) is 2. The minimum absolute atomic E-state index is 0.0573. The average Bonchev–Trinajstić information content (AvgIpc) is 3.54. The fraction of sp³-hybridized carbons (Fsp3) is 0.714. The Bertz CT molecular complexity index is 935. The Morgan fingerprint density at radius 2 is 1.83 bits per heavy atom. The van der Waals surface area contributed by atoms with Gasteiger partial charge in [0.1, 0.15) is 11.4 Å². The van der Waals surface area contributed by atoms with Gasteiger partial charge < -0.3 is 24.6 Å². The van der Waals surface area contributed by atoms with E-state index in [2.05, 4.69) is 0 Å². The fourth-order valence-electron chi connectivity index (χ4n) is 6.10. The van der Waals surface area contributed by atoms with Gasteiger partial charge in [0, 0.05) is 18.5 Å². The molecule has 3 fully saturated rings. The second-order valence-electron chi connectivity index (χ2n) is 12.2. The standard InChI is InChI=1S/C28H41NO6/c1-17(25(32)34-5)24(19-7-8-19)20-9-6-18(23(31)12-20)10-11-22(30)21-13-28(14-21)15-29(16-28)26(33)35-27(2,3)4/h6,9,12,17,19,21-22,24,30-31H,7-8,10-11,13-16H2,1-5H3/t17-,22?,24-/m0/s1. The van der Waals surface area contributed by atoms with E-state index in [4.69, 9.17) is 9.47 Å². The summed E-state index contributed by atoms with van der Waals surface area (Å²) in [6.07, 6.45) is 4.55. The van der Waals surface area contributed by atoms with Gasteiger partial charge in [-0.1, -0.05) is 19.1 Å². The molecule has 0 aromatic heterocycles. The van der Waals surface area contributed by atoms with Crippen LogP contribution >= 0.6 is 0 Å². The quantitative estimate of drug-likeness (QED) is 0.519. The molecule has 7 heteroatoms. The molecule has 1 aromatic carbocycles. The maximum atomic E-state index is 12.2. The van der Waals surface area contributed by atoms with Crippen molar-refractivity contribution in [2.75, 3.05) is 20.2 Å². The highest BCUT2D eigenvalue weighted by Crippen LogP contribution is 2.54. The van der Waals surface area contributed by atoms with E-state index in [1.807, 2.05) is 39.8 Å². The predicted octanol–water partition coefficient (Wildman–Crippen LogP) is 4.64. The number of esters is 1. The molecule has 1 heterocycles. The van der Waals surface area contributed by atoms with Crippen molar-refractivity contribution in [3.05, 3.63) is 29.3 Å². The van der Waals surface area contributed by atoms with Gasteiger partial charge in [-0.3, -0.25) is 4.79 Å². The van der Waals surface area contributed by atoms with Crippen molar-refractivity contribution in [3.63, 3.8) is 0 Å². The second kappa shape index (κ2) is 9.64. The molecule has 1 amide bonds. The number of methoxy groups -OCH3 is 1. The Kier molecular flexibility index (Phi) is 7.11. The van der Waals surface area contributed by atoms with E-state index in [1.165, 1.54) is 7.11 Å². The second-order valence-corrected chi connectivity index (χ2v) is 12.2. The number of amides is 1. The van der Waals surface area contributed by atoms with Gasteiger partial charge in [-0.25, -0.2) is 4.79 Å². The third-order valence-corrected chi connectivity index (χ3v) is 8.08. The fourth-order valence-corrected chi connectivity index (χ4v) is 6.10. The van der Waals surface area contributed by atoms with Crippen molar-refractivity contribution in [1.82, 2.24) is 4.90 Å². The minimum atomic E-state index is -0.486. The summed E-state index contributed by atoms with van der Waals surface area (Å²) in [4.78, 5) is 26.1. The van der Waals surface area contributed by atoms with E-state index in [0.29, 0.717) is 31.8 Å². The Labute approximate surface area is 208 Å². The number of hydrogen-bond acceptors (Lipinski definition) is 6.